The number of ether oxygens (including phenoxy) is 1. The fourth-order valence-corrected chi connectivity index (χ4v) is 5.78. The van der Waals surface area contributed by atoms with E-state index in [0.717, 1.165) is 4.31 Å². The average molecular weight is 590 g/mol. The van der Waals surface area contributed by atoms with Crippen molar-refractivity contribution < 1.29 is 27.1 Å². The molecule has 0 spiro atoms. The highest BCUT2D eigenvalue weighted by Crippen LogP contribution is 2.35. The Balaban J connectivity index is 2.12. The maximum atomic E-state index is 14.0. The second-order valence-corrected chi connectivity index (χ2v) is 11.7. The van der Waals surface area contributed by atoms with E-state index in [9.17, 15) is 22.4 Å². The standard InChI is InChI=1S/C29H33ClFN3O5S/c1-5-25(29(36)32-20(2)3)33(18-21-11-14-23(31)15-12-21)28(35)19-34(26-17-22(30)13-16-27(26)39-4)40(37,38)24-9-7-6-8-10-24/h6-17,20,25H,5,18-19H2,1-4H3,(H,32,36)/t25-/m0/s1. The van der Waals surface area contributed by atoms with Gasteiger partial charge in [-0.05, 0) is 68.3 Å². The number of amides is 2. The molecule has 3 aromatic carbocycles. The molecule has 8 nitrogen and oxygen atoms in total. The van der Waals surface area contributed by atoms with Crippen molar-refractivity contribution in [2.75, 3.05) is 18.0 Å². The van der Waals surface area contributed by atoms with Crippen LogP contribution in [0.25, 0.3) is 0 Å². The van der Waals surface area contributed by atoms with Crippen LogP contribution in [0.4, 0.5) is 10.1 Å². The van der Waals surface area contributed by atoms with Gasteiger partial charge in [-0.2, -0.15) is 0 Å². The third kappa shape index (κ3) is 7.51. The number of nitrogens with one attached hydrogen (secondary N) is 1. The second-order valence-electron chi connectivity index (χ2n) is 9.38. The zero-order chi connectivity index (χ0) is 29.4. The van der Waals surface area contributed by atoms with Crippen molar-refractivity contribution in [3.63, 3.8) is 0 Å². The zero-order valence-corrected chi connectivity index (χ0v) is 24.4. The fraction of sp³-hybridized carbons (Fsp3) is 0.310. The molecule has 0 aromatic heterocycles. The summed E-state index contributed by atoms with van der Waals surface area (Å²) in [6.07, 6.45) is 0.261. The van der Waals surface area contributed by atoms with E-state index in [1.54, 1.807) is 45.0 Å². The van der Waals surface area contributed by atoms with E-state index in [1.807, 2.05) is 0 Å². The Hall–Kier alpha value is -3.63. The Morgan fingerprint density at radius 2 is 1.68 bits per heavy atom. The first-order valence-corrected chi connectivity index (χ1v) is 14.5. The number of halogens is 2. The van der Waals surface area contributed by atoms with E-state index < -0.39 is 34.3 Å². The molecule has 0 radical (unpaired) electrons. The number of sulfonamides is 1. The molecule has 11 heteroatoms. The molecule has 0 aliphatic heterocycles. The molecule has 0 saturated heterocycles. The van der Waals surface area contributed by atoms with E-state index in [4.69, 9.17) is 16.3 Å². The van der Waals surface area contributed by atoms with Gasteiger partial charge in [0.2, 0.25) is 11.8 Å². The lowest BCUT2D eigenvalue weighted by Gasteiger charge is -2.34. The van der Waals surface area contributed by atoms with Crippen molar-refractivity contribution in [1.29, 1.82) is 0 Å². The first kappa shape index (κ1) is 30.9. The second kappa shape index (κ2) is 13.6. The first-order valence-electron chi connectivity index (χ1n) is 12.7. The summed E-state index contributed by atoms with van der Waals surface area (Å²) >= 11 is 6.24. The van der Waals surface area contributed by atoms with E-state index in [-0.39, 0.29) is 46.3 Å². The Morgan fingerprint density at radius 1 is 1.02 bits per heavy atom. The van der Waals surface area contributed by atoms with Crippen LogP contribution in [0.1, 0.15) is 32.8 Å². The number of rotatable bonds is 12. The van der Waals surface area contributed by atoms with Gasteiger partial charge in [-0.3, -0.25) is 13.9 Å². The van der Waals surface area contributed by atoms with Gasteiger partial charge < -0.3 is 15.0 Å². The Bertz CT molecular complexity index is 1420. The molecular weight excluding hydrogens is 557 g/mol. The van der Waals surface area contributed by atoms with Gasteiger partial charge in [0.1, 0.15) is 24.2 Å². The third-order valence-corrected chi connectivity index (χ3v) is 8.11. The highest BCUT2D eigenvalue weighted by molar-refractivity contribution is 7.92. The lowest BCUT2D eigenvalue weighted by atomic mass is 10.1. The maximum Gasteiger partial charge on any atom is 0.264 e. The number of hydrogen-bond acceptors (Lipinski definition) is 5. The molecule has 0 unspecified atom stereocenters. The zero-order valence-electron chi connectivity index (χ0n) is 22.8. The summed E-state index contributed by atoms with van der Waals surface area (Å²) in [5.74, 6) is -1.28. The molecule has 1 N–H and O–H groups in total. The van der Waals surface area contributed by atoms with Gasteiger partial charge in [0.15, 0.2) is 0 Å². The van der Waals surface area contributed by atoms with E-state index >= 15 is 0 Å². The SMILES string of the molecule is CC[C@@H](C(=O)NC(C)C)N(Cc1ccc(F)cc1)C(=O)CN(c1cc(Cl)ccc1OC)S(=O)(=O)c1ccccc1. The minimum atomic E-state index is -4.29. The number of nitrogens with zero attached hydrogens (tertiary/aromatic N) is 2. The molecule has 214 valence electrons. The minimum Gasteiger partial charge on any atom is -0.495 e. The number of methoxy groups -OCH3 is 1. The van der Waals surface area contributed by atoms with Gasteiger partial charge in [0.05, 0.1) is 17.7 Å². The van der Waals surface area contributed by atoms with E-state index in [2.05, 4.69) is 5.32 Å². The molecule has 1 atom stereocenters. The lowest BCUT2D eigenvalue weighted by Crippen LogP contribution is -2.53. The maximum absolute atomic E-state index is 14.0. The molecule has 0 fully saturated rings. The van der Waals surface area contributed by atoms with Gasteiger partial charge >= 0.3 is 0 Å². The van der Waals surface area contributed by atoms with Crippen LogP contribution in [-0.2, 0) is 26.2 Å². The van der Waals surface area contributed by atoms with Crippen LogP contribution in [0.15, 0.2) is 77.7 Å². The normalized spacial score (nSPS) is 12.1. The van der Waals surface area contributed by atoms with Crippen LogP contribution in [0.2, 0.25) is 5.02 Å². The van der Waals surface area contributed by atoms with Crippen molar-refractivity contribution >= 4 is 39.1 Å². The number of anilines is 1. The Labute approximate surface area is 239 Å². The molecule has 0 aliphatic carbocycles. The smallest absolute Gasteiger partial charge is 0.264 e. The Morgan fingerprint density at radius 3 is 2.25 bits per heavy atom. The molecule has 0 bridgehead atoms. The van der Waals surface area contributed by atoms with Crippen molar-refractivity contribution in [3.05, 3.63) is 89.2 Å². The lowest BCUT2D eigenvalue weighted by molar-refractivity contribution is -0.140. The molecule has 0 heterocycles. The van der Waals surface area contributed by atoms with Crippen LogP contribution < -0.4 is 14.4 Å². The summed E-state index contributed by atoms with van der Waals surface area (Å²) in [5, 5.41) is 3.07. The van der Waals surface area contributed by atoms with Crippen LogP contribution in [0, 0.1) is 5.82 Å². The number of carbonyl (C=O) groups is 2. The van der Waals surface area contributed by atoms with Gasteiger partial charge in [-0.25, -0.2) is 12.8 Å². The molecule has 2 amide bonds. The number of benzene rings is 3. The summed E-state index contributed by atoms with van der Waals surface area (Å²) in [4.78, 5) is 28.5. The highest BCUT2D eigenvalue weighted by Gasteiger charge is 2.35. The predicted molar refractivity (Wildman–Crippen MR) is 153 cm³/mol. The molecular formula is C29H33ClFN3O5S. The average Bonchev–Trinajstić information content (AvgIpc) is 2.92. The minimum absolute atomic E-state index is 0.0421. The number of carbonyl (C=O) groups excluding carboxylic acids is 2. The van der Waals surface area contributed by atoms with Crippen LogP contribution in [0.5, 0.6) is 5.75 Å². The topological polar surface area (TPSA) is 96.0 Å². The molecule has 0 saturated carbocycles. The number of hydrogen-bond donors (Lipinski definition) is 1. The van der Waals surface area contributed by atoms with E-state index in [0.29, 0.717) is 5.56 Å². The van der Waals surface area contributed by atoms with Gasteiger partial charge in [-0.1, -0.05) is 48.9 Å². The summed E-state index contributed by atoms with van der Waals surface area (Å²) < 4.78 is 47.8. The molecule has 0 aliphatic rings. The van der Waals surface area contributed by atoms with E-state index in [1.165, 1.54) is 60.5 Å². The van der Waals surface area contributed by atoms with Crippen molar-refractivity contribution in [2.45, 2.75) is 50.7 Å². The summed E-state index contributed by atoms with van der Waals surface area (Å²) in [5.41, 5.74) is 0.636. The fourth-order valence-electron chi connectivity index (χ4n) is 4.18. The molecule has 3 rings (SSSR count). The van der Waals surface area contributed by atoms with Crippen LogP contribution in [0.3, 0.4) is 0 Å². The highest BCUT2D eigenvalue weighted by atomic mass is 35.5. The largest absolute Gasteiger partial charge is 0.495 e. The molecule has 3 aromatic rings. The van der Waals surface area contributed by atoms with Crippen LogP contribution in [-0.4, -0.2) is 50.9 Å². The predicted octanol–water partition coefficient (Wildman–Crippen LogP) is 5.02. The van der Waals surface area contributed by atoms with Crippen LogP contribution >= 0.6 is 11.6 Å². The van der Waals surface area contributed by atoms with Gasteiger partial charge in [0.25, 0.3) is 10.0 Å². The third-order valence-electron chi connectivity index (χ3n) is 6.10. The van der Waals surface area contributed by atoms with Gasteiger partial charge in [0, 0.05) is 17.6 Å². The van der Waals surface area contributed by atoms with Crippen molar-refractivity contribution in [3.8, 4) is 5.75 Å². The Kier molecular flexibility index (Phi) is 10.5. The molecule has 40 heavy (non-hydrogen) atoms. The quantitative estimate of drug-likeness (QED) is 0.320. The summed E-state index contributed by atoms with van der Waals surface area (Å²) in [7, 11) is -2.90. The van der Waals surface area contributed by atoms with Gasteiger partial charge in [-0.15, -0.1) is 0 Å². The summed E-state index contributed by atoms with van der Waals surface area (Å²) in [6.45, 7) is 4.66. The van der Waals surface area contributed by atoms with Crippen molar-refractivity contribution in [2.24, 2.45) is 0 Å². The summed E-state index contributed by atoms with van der Waals surface area (Å²) in [6, 6.07) is 16.6. The first-order chi connectivity index (χ1) is 19.0. The monoisotopic (exact) mass is 589 g/mol. The van der Waals surface area contributed by atoms with Crippen molar-refractivity contribution in [1.82, 2.24) is 10.2 Å².